The van der Waals surface area contributed by atoms with E-state index in [1.807, 2.05) is 13.8 Å². The summed E-state index contributed by atoms with van der Waals surface area (Å²) in [6.45, 7) is 3.66. The lowest BCUT2D eigenvalue weighted by molar-refractivity contribution is -0.274. The van der Waals surface area contributed by atoms with Crippen LogP contribution in [-0.4, -0.2) is 18.5 Å². The van der Waals surface area contributed by atoms with Crippen LogP contribution in [0.15, 0.2) is 36.4 Å². The highest BCUT2D eigenvalue weighted by atomic mass is 35.5. The number of nitrogens with zero attached hydrogens (tertiary/aromatic N) is 1. The van der Waals surface area contributed by atoms with Crippen LogP contribution >= 0.6 is 11.6 Å². The Kier molecular flexibility index (Phi) is 4.75. The zero-order valence-corrected chi connectivity index (χ0v) is 13.5. The highest BCUT2D eigenvalue weighted by molar-refractivity contribution is 6.29. The van der Waals surface area contributed by atoms with Crippen LogP contribution in [0.1, 0.15) is 25.1 Å². The summed E-state index contributed by atoms with van der Waals surface area (Å²) in [6, 6.07) is 9.27. The van der Waals surface area contributed by atoms with Crippen molar-refractivity contribution in [2.75, 3.05) is 7.11 Å². The molecule has 0 radical (unpaired) electrons. The maximum absolute atomic E-state index is 12.5. The largest absolute Gasteiger partial charge is 0.573 e. The van der Waals surface area contributed by atoms with E-state index in [1.165, 1.54) is 19.2 Å². The molecule has 1 aromatic heterocycles. The number of hydrogen-bond donors (Lipinski definition) is 0. The van der Waals surface area contributed by atoms with Gasteiger partial charge < -0.3 is 9.47 Å². The third kappa shape index (κ3) is 4.28. The summed E-state index contributed by atoms with van der Waals surface area (Å²) >= 11 is 5.91. The molecule has 124 valence electrons. The van der Waals surface area contributed by atoms with Crippen molar-refractivity contribution in [2.45, 2.75) is 25.6 Å². The van der Waals surface area contributed by atoms with Gasteiger partial charge in [0.15, 0.2) is 0 Å². The van der Waals surface area contributed by atoms with Crippen LogP contribution in [0.3, 0.4) is 0 Å². The van der Waals surface area contributed by atoms with E-state index in [0.29, 0.717) is 16.4 Å². The summed E-state index contributed by atoms with van der Waals surface area (Å²) in [5.41, 5.74) is 0.491. The van der Waals surface area contributed by atoms with Gasteiger partial charge in [-0.1, -0.05) is 31.5 Å². The first-order valence-electron chi connectivity index (χ1n) is 6.70. The third-order valence-corrected chi connectivity index (χ3v) is 3.64. The SMILES string of the molecule is COc1cc(OC(F)(F)F)cc(C(C)(C)c2cccc(Cl)n2)c1. The average molecular weight is 346 g/mol. The predicted molar refractivity (Wildman–Crippen MR) is 81.1 cm³/mol. The second-order valence-electron chi connectivity index (χ2n) is 5.42. The van der Waals surface area contributed by atoms with Gasteiger partial charge in [-0.3, -0.25) is 0 Å². The van der Waals surface area contributed by atoms with Crippen molar-refractivity contribution in [3.8, 4) is 11.5 Å². The Hall–Kier alpha value is -1.95. The molecule has 1 heterocycles. The molecule has 2 rings (SSSR count). The van der Waals surface area contributed by atoms with E-state index in [0.717, 1.165) is 0 Å². The van der Waals surface area contributed by atoms with Gasteiger partial charge in [-0.05, 0) is 29.8 Å². The molecule has 0 aliphatic heterocycles. The fraction of sp³-hybridized carbons (Fsp3) is 0.312. The van der Waals surface area contributed by atoms with Gasteiger partial charge in [0, 0.05) is 11.5 Å². The number of pyridine rings is 1. The Morgan fingerprint density at radius 1 is 1.04 bits per heavy atom. The highest BCUT2D eigenvalue weighted by Gasteiger charge is 2.33. The minimum Gasteiger partial charge on any atom is -0.497 e. The number of benzene rings is 1. The predicted octanol–water partition coefficient (Wildman–Crippen LogP) is 4.97. The lowest BCUT2D eigenvalue weighted by Crippen LogP contribution is -2.22. The van der Waals surface area contributed by atoms with Gasteiger partial charge in [0.25, 0.3) is 0 Å². The van der Waals surface area contributed by atoms with Crippen LogP contribution in [0.25, 0.3) is 0 Å². The second kappa shape index (κ2) is 6.28. The molecular formula is C16H15ClF3NO2. The van der Waals surface area contributed by atoms with Crippen LogP contribution in [0.2, 0.25) is 5.15 Å². The fourth-order valence-electron chi connectivity index (χ4n) is 2.15. The Morgan fingerprint density at radius 3 is 2.26 bits per heavy atom. The number of aromatic nitrogens is 1. The van der Waals surface area contributed by atoms with E-state index >= 15 is 0 Å². The molecule has 0 unspecified atom stereocenters. The topological polar surface area (TPSA) is 31.4 Å². The van der Waals surface area contributed by atoms with E-state index in [4.69, 9.17) is 16.3 Å². The molecule has 0 saturated carbocycles. The van der Waals surface area contributed by atoms with Gasteiger partial charge in [-0.25, -0.2) is 4.98 Å². The molecule has 0 aliphatic rings. The summed E-state index contributed by atoms with van der Waals surface area (Å²) in [5.74, 6) is -0.0844. The Morgan fingerprint density at radius 2 is 1.70 bits per heavy atom. The summed E-state index contributed by atoms with van der Waals surface area (Å²) in [6.07, 6.45) is -4.78. The van der Waals surface area contributed by atoms with Gasteiger partial charge in [-0.2, -0.15) is 0 Å². The molecule has 0 aliphatic carbocycles. The van der Waals surface area contributed by atoms with Crippen LogP contribution in [0, 0.1) is 0 Å². The molecule has 1 aromatic carbocycles. The quantitative estimate of drug-likeness (QED) is 0.733. The summed E-state index contributed by atoms with van der Waals surface area (Å²) < 4.78 is 46.5. The molecule has 0 fully saturated rings. The van der Waals surface area contributed by atoms with E-state index < -0.39 is 11.8 Å². The van der Waals surface area contributed by atoms with Crippen LogP contribution in [-0.2, 0) is 5.41 Å². The van der Waals surface area contributed by atoms with Gasteiger partial charge in [0.1, 0.15) is 16.7 Å². The van der Waals surface area contributed by atoms with E-state index in [2.05, 4.69) is 9.72 Å². The number of ether oxygens (including phenoxy) is 2. The molecule has 0 amide bonds. The van der Waals surface area contributed by atoms with Gasteiger partial charge in [0.05, 0.1) is 12.8 Å². The molecule has 0 atom stereocenters. The normalized spacial score (nSPS) is 12.1. The van der Waals surface area contributed by atoms with Crippen molar-refractivity contribution in [1.82, 2.24) is 4.98 Å². The molecule has 7 heteroatoms. The van der Waals surface area contributed by atoms with Crippen molar-refractivity contribution in [2.24, 2.45) is 0 Å². The van der Waals surface area contributed by atoms with Crippen molar-refractivity contribution in [3.63, 3.8) is 0 Å². The number of halogens is 4. The number of alkyl halides is 3. The first-order chi connectivity index (χ1) is 10.6. The number of hydrogen-bond acceptors (Lipinski definition) is 3. The minimum absolute atomic E-state index is 0.261. The number of rotatable bonds is 4. The standard InChI is InChI=1S/C16H15ClF3NO2/c1-15(2,13-5-4-6-14(17)21-13)10-7-11(22-3)9-12(8-10)23-16(18,19)20/h4-9H,1-3H3. The highest BCUT2D eigenvalue weighted by Crippen LogP contribution is 2.37. The second-order valence-corrected chi connectivity index (χ2v) is 5.80. The van der Waals surface area contributed by atoms with Gasteiger partial charge in [0.2, 0.25) is 0 Å². The maximum atomic E-state index is 12.5. The van der Waals surface area contributed by atoms with Crippen LogP contribution in [0.4, 0.5) is 13.2 Å². The van der Waals surface area contributed by atoms with E-state index in [-0.39, 0.29) is 11.5 Å². The first-order valence-corrected chi connectivity index (χ1v) is 7.08. The van der Waals surface area contributed by atoms with Crippen molar-refractivity contribution in [3.05, 3.63) is 52.8 Å². The van der Waals surface area contributed by atoms with E-state index in [9.17, 15) is 13.2 Å². The Bertz CT molecular complexity index is 702. The van der Waals surface area contributed by atoms with Crippen molar-refractivity contribution in [1.29, 1.82) is 0 Å². The molecule has 0 N–H and O–H groups in total. The monoisotopic (exact) mass is 345 g/mol. The molecular weight excluding hydrogens is 331 g/mol. The lowest BCUT2D eigenvalue weighted by Gasteiger charge is -2.26. The number of methoxy groups -OCH3 is 1. The first kappa shape index (κ1) is 17.4. The van der Waals surface area contributed by atoms with Crippen LogP contribution < -0.4 is 9.47 Å². The summed E-state index contributed by atoms with van der Waals surface area (Å²) in [5, 5.41) is 0.310. The summed E-state index contributed by atoms with van der Waals surface area (Å²) in [4.78, 5) is 4.24. The molecule has 3 nitrogen and oxygen atoms in total. The fourth-order valence-corrected chi connectivity index (χ4v) is 2.31. The summed E-state index contributed by atoms with van der Waals surface area (Å²) in [7, 11) is 1.38. The molecule has 23 heavy (non-hydrogen) atoms. The zero-order chi connectivity index (χ0) is 17.3. The van der Waals surface area contributed by atoms with Crippen LogP contribution in [0.5, 0.6) is 11.5 Å². The molecule has 2 aromatic rings. The van der Waals surface area contributed by atoms with Crippen molar-refractivity contribution < 1.29 is 22.6 Å². The molecule has 0 bridgehead atoms. The smallest absolute Gasteiger partial charge is 0.497 e. The van der Waals surface area contributed by atoms with Gasteiger partial charge >= 0.3 is 6.36 Å². The molecule has 0 spiro atoms. The lowest BCUT2D eigenvalue weighted by atomic mass is 9.81. The van der Waals surface area contributed by atoms with E-state index in [1.54, 1.807) is 24.3 Å². The van der Waals surface area contributed by atoms with Gasteiger partial charge in [-0.15, -0.1) is 13.2 Å². The van der Waals surface area contributed by atoms with Crippen molar-refractivity contribution >= 4 is 11.6 Å². The zero-order valence-electron chi connectivity index (χ0n) is 12.7. The maximum Gasteiger partial charge on any atom is 0.573 e. The minimum atomic E-state index is -4.78. The third-order valence-electron chi connectivity index (χ3n) is 3.43. The Labute approximate surface area is 137 Å². The average Bonchev–Trinajstić information content (AvgIpc) is 2.45. The Balaban J connectivity index is 2.50. The molecule has 0 saturated heterocycles.